The van der Waals surface area contributed by atoms with Crippen LogP contribution in [0.15, 0.2) is 42.5 Å². The fraction of sp³-hybridized carbons (Fsp3) is 0.409. The van der Waals surface area contributed by atoms with E-state index in [1.165, 1.54) is 31.5 Å². The smallest absolute Gasteiger partial charge is 0.255 e. The number of benzene rings is 2. The second kappa shape index (κ2) is 7.83. The van der Waals surface area contributed by atoms with Crippen molar-refractivity contribution in [2.24, 2.45) is 5.92 Å². The molecule has 2 aromatic carbocycles. The first-order chi connectivity index (χ1) is 12.0. The van der Waals surface area contributed by atoms with Crippen molar-refractivity contribution in [3.8, 4) is 0 Å². The lowest BCUT2D eigenvalue weighted by Gasteiger charge is -2.30. The third kappa shape index (κ3) is 4.70. The summed E-state index contributed by atoms with van der Waals surface area (Å²) in [5.41, 5.74) is 5.09. The van der Waals surface area contributed by atoms with Gasteiger partial charge in [-0.05, 0) is 74.0 Å². The molecular formula is C22H28N2O. The van der Waals surface area contributed by atoms with E-state index >= 15 is 0 Å². The molecule has 0 aromatic heterocycles. The molecule has 1 amide bonds. The third-order valence-electron chi connectivity index (χ3n) is 5.00. The van der Waals surface area contributed by atoms with Crippen LogP contribution in [0.5, 0.6) is 0 Å². The summed E-state index contributed by atoms with van der Waals surface area (Å²) in [4.78, 5) is 15.0. The van der Waals surface area contributed by atoms with Gasteiger partial charge in [0.1, 0.15) is 0 Å². The zero-order chi connectivity index (χ0) is 17.8. The van der Waals surface area contributed by atoms with E-state index in [0.29, 0.717) is 5.56 Å². The van der Waals surface area contributed by atoms with Gasteiger partial charge < -0.3 is 5.32 Å². The van der Waals surface area contributed by atoms with E-state index in [2.05, 4.69) is 35.3 Å². The monoisotopic (exact) mass is 336 g/mol. The highest BCUT2D eigenvalue weighted by atomic mass is 16.1. The van der Waals surface area contributed by atoms with Gasteiger partial charge in [0.15, 0.2) is 0 Å². The highest BCUT2D eigenvalue weighted by molar-refractivity contribution is 6.04. The number of hydrogen-bond donors (Lipinski definition) is 1. The van der Waals surface area contributed by atoms with Crippen LogP contribution < -0.4 is 5.32 Å². The van der Waals surface area contributed by atoms with Crippen molar-refractivity contribution < 1.29 is 4.79 Å². The minimum Gasteiger partial charge on any atom is -0.322 e. The maximum atomic E-state index is 12.5. The zero-order valence-corrected chi connectivity index (χ0v) is 15.5. The van der Waals surface area contributed by atoms with Crippen LogP contribution in [-0.4, -0.2) is 23.9 Å². The molecule has 3 heteroatoms. The molecule has 1 heterocycles. The number of piperidine rings is 1. The van der Waals surface area contributed by atoms with Crippen molar-refractivity contribution in [3.63, 3.8) is 0 Å². The van der Waals surface area contributed by atoms with Gasteiger partial charge in [0.2, 0.25) is 0 Å². The molecule has 1 aliphatic rings. The lowest BCUT2D eigenvalue weighted by molar-refractivity contribution is 0.102. The lowest BCUT2D eigenvalue weighted by Crippen LogP contribution is -2.33. The molecule has 1 saturated heterocycles. The van der Waals surface area contributed by atoms with Gasteiger partial charge in [0.05, 0.1) is 0 Å². The number of carbonyl (C=O) groups is 1. The molecule has 25 heavy (non-hydrogen) atoms. The van der Waals surface area contributed by atoms with Crippen LogP contribution in [0.4, 0.5) is 5.69 Å². The molecule has 2 aromatic rings. The van der Waals surface area contributed by atoms with E-state index in [1.807, 2.05) is 38.1 Å². The van der Waals surface area contributed by atoms with Gasteiger partial charge in [-0.2, -0.15) is 0 Å². The van der Waals surface area contributed by atoms with Crippen molar-refractivity contribution in [3.05, 3.63) is 64.7 Å². The Morgan fingerprint density at radius 1 is 1.16 bits per heavy atom. The Morgan fingerprint density at radius 2 is 1.92 bits per heavy atom. The van der Waals surface area contributed by atoms with Crippen LogP contribution in [0.2, 0.25) is 0 Å². The van der Waals surface area contributed by atoms with Crippen LogP contribution >= 0.6 is 0 Å². The largest absolute Gasteiger partial charge is 0.322 e. The number of nitrogens with one attached hydrogen (secondary N) is 1. The highest BCUT2D eigenvalue weighted by Crippen LogP contribution is 2.19. The topological polar surface area (TPSA) is 32.3 Å². The van der Waals surface area contributed by atoms with Crippen LogP contribution in [0.25, 0.3) is 0 Å². The van der Waals surface area contributed by atoms with Crippen LogP contribution in [-0.2, 0) is 6.54 Å². The molecule has 0 saturated carbocycles. The van der Waals surface area contributed by atoms with Crippen molar-refractivity contribution in [2.75, 3.05) is 18.4 Å². The summed E-state index contributed by atoms with van der Waals surface area (Å²) in [6.07, 6.45) is 2.63. The fourth-order valence-corrected chi connectivity index (χ4v) is 3.52. The molecule has 1 N–H and O–H groups in total. The standard InChI is InChI=1S/C22H28N2O/c1-16-6-7-18(3)21(13-16)23-22(25)20-10-8-19(9-11-20)15-24-12-4-5-17(2)14-24/h6-11,13,17H,4-5,12,14-15H2,1-3H3,(H,23,25). The quantitative estimate of drug-likeness (QED) is 0.871. The summed E-state index contributed by atoms with van der Waals surface area (Å²) in [6, 6.07) is 14.1. The van der Waals surface area contributed by atoms with Gasteiger partial charge in [0.25, 0.3) is 5.91 Å². The van der Waals surface area contributed by atoms with E-state index in [1.54, 1.807) is 0 Å². The molecule has 3 rings (SSSR count). The zero-order valence-electron chi connectivity index (χ0n) is 15.5. The van der Waals surface area contributed by atoms with Crippen LogP contribution in [0.3, 0.4) is 0 Å². The number of nitrogens with zero attached hydrogens (tertiary/aromatic N) is 1. The minimum absolute atomic E-state index is 0.0492. The number of rotatable bonds is 4. The first kappa shape index (κ1) is 17.7. The van der Waals surface area contributed by atoms with Crippen molar-refractivity contribution in [1.82, 2.24) is 4.90 Å². The highest BCUT2D eigenvalue weighted by Gasteiger charge is 2.16. The average Bonchev–Trinajstić information content (AvgIpc) is 2.59. The normalized spacial score (nSPS) is 18.1. The maximum Gasteiger partial charge on any atom is 0.255 e. The van der Waals surface area contributed by atoms with E-state index < -0.39 is 0 Å². The molecule has 1 atom stereocenters. The Morgan fingerprint density at radius 3 is 2.64 bits per heavy atom. The van der Waals surface area contributed by atoms with E-state index in [-0.39, 0.29) is 5.91 Å². The second-order valence-corrected chi connectivity index (χ2v) is 7.45. The van der Waals surface area contributed by atoms with Crippen LogP contribution in [0.1, 0.15) is 46.8 Å². The van der Waals surface area contributed by atoms with E-state index in [9.17, 15) is 4.79 Å². The molecule has 0 aliphatic carbocycles. The molecule has 132 valence electrons. The molecule has 3 nitrogen and oxygen atoms in total. The van der Waals surface area contributed by atoms with E-state index in [0.717, 1.165) is 29.3 Å². The summed E-state index contributed by atoms with van der Waals surface area (Å²) >= 11 is 0. The first-order valence-corrected chi connectivity index (χ1v) is 9.21. The first-order valence-electron chi connectivity index (χ1n) is 9.21. The maximum absolute atomic E-state index is 12.5. The lowest BCUT2D eigenvalue weighted by atomic mass is 9.99. The van der Waals surface area contributed by atoms with Crippen molar-refractivity contribution in [2.45, 2.75) is 40.2 Å². The Bertz CT molecular complexity index is 736. The van der Waals surface area contributed by atoms with Crippen molar-refractivity contribution >= 4 is 11.6 Å². The van der Waals surface area contributed by atoms with Gasteiger partial charge in [-0.15, -0.1) is 0 Å². The number of amides is 1. The Hall–Kier alpha value is -2.13. The summed E-state index contributed by atoms with van der Waals surface area (Å²) in [6.45, 7) is 9.70. The number of carbonyl (C=O) groups excluding carboxylic acids is 1. The second-order valence-electron chi connectivity index (χ2n) is 7.45. The van der Waals surface area contributed by atoms with Crippen molar-refractivity contribution in [1.29, 1.82) is 0 Å². The molecular weight excluding hydrogens is 308 g/mol. The molecule has 0 radical (unpaired) electrons. The Kier molecular flexibility index (Phi) is 5.54. The van der Waals surface area contributed by atoms with Gasteiger partial charge >= 0.3 is 0 Å². The van der Waals surface area contributed by atoms with Gasteiger partial charge in [-0.25, -0.2) is 0 Å². The summed E-state index contributed by atoms with van der Waals surface area (Å²) in [5, 5.41) is 3.02. The van der Waals surface area contributed by atoms with E-state index in [4.69, 9.17) is 0 Å². The summed E-state index contributed by atoms with van der Waals surface area (Å²) < 4.78 is 0. The Labute approximate surface area is 151 Å². The predicted molar refractivity (Wildman–Crippen MR) is 104 cm³/mol. The number of hydrogen-bond acceptors (Lipinski definition) is 2. The van der Waals surface area contributed by atoms with Crippen LogP contribution in [0, 0.1) is 19.8 Å². The molecule has 1 fully saturated rings. The van der Waals surface area contributed by atoms with Gasteiger partial charge in [-0.1, -0.05) is 31.2 Å². The average molecular weight is 336 g/mol. The number of anilines is 1. The predicted octanol–water partition coefficient (Wildman–Crippen LogP) is 4.79. The number of likely N-dealkylation sites (tertiary alicyclic amines) is 1. The summed E-state index contributed by atoms with van der Waals surface area (Å²) in [5.74, 6) is 0.739. The molecule has 0 bridgehead atoms. The fourth-order valence-electron chi connectivity index (χ4n) is 3.52. The molecule has 1 unspecified atom stereocenters. The van der Waals surface area contributed by atoms with Gasteiger partial charge in [-0.3, -0.25) is 9.69 Å². The third-order valence-corrected chi connectivity index (χ3v) is 5.00. The minimum atomic E-state index is -0.0492. The molecule has 1 aliphatic heterocycles. The summed E-state index contributed by atoms with van der Waals surface area (Å²) in [7, 11) is 0. The van der Waals surface area contributed by atoms with Gasteiger partial charge in [0, 0.05) is 24.3 Å². The molecule has 0 spiro atoms. The number of aryl methyl sites for hydroxylation is 2. The SMILES string of the molecule is Cc1ccc(C)c(NC(=O)c2ccc(CN3CCCC(C)C3)cc2)c1. The Balaban J connectivity index is 1.63.